The number of ether oxygens (including phenoxy) is 1. The van der Waals surface area contributed by atoms with E-state index in [4.69, 9.17) is 10.00 Å². The van der Waals surface area contributed by atoms with Crippen LogP contribution in [0.3, 0.4) is 0 Å². The molecule has 1 aliphatic heterocycles. The van der Waals surface area contributed by atoms with E-state index < -0.39 is 0 Å². The van der Waals surface area contributed by atoms with Crippen LogP contribution < -0.4 is 0 Å². The molecule has 0 saturated carbocycles. The lowest BCUT2D eigenvalue weighted by Gasteiger charge is -2.33. The number of hydrogen-bond acceptors (Lipinski definition) is 4. The number of nitrogens with zero attached hydrogens (tertiary/aromatic N) is 2. The number of carbonyl (C=O) groups excluding carboxylic acids is 1. The number of unbranched alkanes of at least 4 members (excludes halogenated alkanes) is 2. The van der Waals surface area contributed by atoms with E-state index in [0.717, 1.165) is 45.2 Å². The van der Waals surface area contributed by atoms with Crippen molar-refractivity contribution in [2.75, 3.05) is 20.2 Å². The standard InChI is InChI=1S/C12H20N2O2/c1-16-12(15)11-7-3-6-10-14(11)9-5-2-4-8-13/h11H,2-7,9-10H2,1H3. The Morgan fingerprint density at radius 2 is 2.31 bits per heavy atom. The number of likely N-dealkylation sites (tertiary alicyclic amines) is 1. The second kappa shape index (κ2) is 7.24. The third kappa shape index (κ3) is 3.82. The van der Waals surface area contributed by atoms with Gasteiger partial charge in [0.2, 0.25) is 0 Å². The molecule has 4 nitrogen and oxygen atoms in total. The summed E-state index contributed by atoms with van der Waals surface area (Å²) in [6.45, 7) is 1.88. The van der Waals surface area contributed by atoms with E-state index in [0.29, 0.717) is 6.42 Å². The van der Waals surface area contributed by atoms with Gasteiger partial charge in [0, 0.05) is 6.42 Å². The molecule has 0 N–H and O–H groups in total. The lowest BCUT2D eigenvalue weighted by molar-refractivity contribution is -0.148. The summed E-state index contributed by atoms with van der Waals surface area (Å²) in [6, 6.07) is 2.09. The molecule has 1 aliphatic rings. The first-order chi connectivity index (χ1) is 7.79. The normalized spacial score (nSPS) is 21.4. The number of methoxy groups -OCH3 is 1. The van der Waals surface area contributed by atoms with Crippen molar-refractivity contribution in [3.8, 4) is 6.07 Å². The van der Waals surface area contributed by atoms with Crippen LogP contribution in [0, 0.1) is 11.3 Å². The fourth-order valence-electron chi connectivity index (χ4n) is 2.18. The minimum atomic E-state index is -0.111. The number of carbonyl (C=O) groups is 1. The molecule has 0 spiro atoms. The molecule has 0 bridgehead atoms. The molecule has 1 saturated heterocycles. The van der Waals surface area contributed by atoms with Crippen LogP contribution >= 0.6 is 0 Å². The van der Waals surface area contributed by atoms with E-state index in [1.165, 1.54) is 7.11 Å². The van der Waals surface area contributed by atoms with E-state index in [1.54, 1.807) is 0 Å². The molecule has 0 aromatic heterocycles. The summed E-state index contributed by atoms with van der Waals surface area (Å²) in [5, 5.41) is 8.44. The summed E-state index contributed by atoms with van der Waals surface area (Å²) in [5.41, 5.74) is 0. The van der Waals surface area contributed by atoms with E-state index in [9.17, 15) is 4.79 Å². The van der Waals surface area contributed by atoms with Gasteiger partial charge in [-0.1, -0.05) is 6.42 Å². The quantitative estimate of drug-likeness (QED) is 0.527. The van der Waals surface area contributed by atoms with Crippen molar-refractivity contribution < 1.29 is 9.53 Å². The summed E-state index contributed by atoms with van der Waals surface area (Å²) in [4.78, 5) is 13.8. The van der Waals surface area contributed by atoms with Gasteiger partial charge in [-0.15, -0.1) is 0 Å². The highest BCUT2D eigenvalue weighted by Crippen LogP contribution is 2.18. The fourth-order valence-corrected chi connectivity index (χ4v) is 2.18. The predicted octanol–water partition coefficient (Wildman–Crippen LogP) is 1.71. The van der Waals surface area contributed by atoms with Gasteiger partial charge in [0.05, 0.1) is 13.2 Å². The second-order valence-corrected chi connectivity index (χ2v) is 4.19. The van der Waals surface area contributed by atoms with Crippen LogP contribution in [0.5, 0.6) is 0 Å². The number of esters is 1. The molecule has 16 heavy (non-hydrogen) atoms. The SMILES string of the molecule is COC(=O)C1CCCCN1CCCCC#N. The highest BCUT2D eigenvalue weighted by molar-refractivity contribution is 5.75. The maximum Gasteiger partial charge on any atom is 0.323 e. The summed E-state index contributed by atoms with van der Waals surface area (Å²) in [5.74, 6) is -0.111. The number of hydrogen-bond donors (Lipinski definition) is 0. The molecule has 1 rings (SSSR count). The second-order valence-electron chi connectivity index (χ2n) is 4.19. The highest BCUT2D eigenvalue weighted by Gasteiger charge is 2.28. The molecule has 0 amide bonds. The van der Waals surface area contributed by atoms with E-state index >= 15 is 0 Å². The summed E-state index contributed by atoms with van der Waals surface area (Å²) in [7, 11) is 1.45. The smallest absolute Gasteiger partial charge is 0.323 e. The van der Waals surface area contributed by atoms with Gasteiger partial charge in [0.15, 0.2) is 0 Å². The van der Waals surface area contributed by atoms with Gasteiger partial charge in [-0.05, 0) is 38.8 Å². The van der Waals surface area contributed by atoms with Gasteiger partial charge < -0.3 is 4.74 Å². The molecular weight excluding hydrogens is 204 g/mol. The first kappa shape index (κ1) is 13.0. The average Bonchev–Trinajstić information content (AvgIpc) is 2.34. The third-order valence-electron chi connectivity index (χ3n) is 3.07. The summed E-state index contributed by atoms with van der Waals surface area (Å²) >= 11 is 0. The maximum atomic E-state index is 11.5. The summed E-state index contributed by atoms with van der Waals surface area (Å²) in [6.07, 6.45) is 5.68. The largest absolute Gasteiger partial charge is 0.468 e. The van der Waals surface area contributed by atoms with Crippen LogP contribution in [0.25, 0.3) is 0 Å². The maximum absolute atomic E-state index is 11.5. The third-order valence-corrected chi connectivity index (χ3v) is 3.07. The molecule has 1 unspecified atom stereocenters. The molecular formula is C12H20N2O2. The van der Waals surface area contributed by atoms with Crippen LogP contribution in [0.4, 0.5) is 0 Å². The average molecular weight is 224 g/mol. The minimum Gasteiger partial charge on any atom is -0.468 e. The van der Waals surface area contributed by atoms with E-state index in [-0.39, 0.29) is 12.0 Å². The van der Waals surface area contributed by atoms with Gasteiger partial charge in [0.25, 0.3) is 0 Å². The van der Waals surface area contributed by atoms with Crippen molar-refractivity contribution in [2.24, 2.45) is 0 Å². The van der Waals surface area contributed by atoms with Crippen LogP contribution in [0.15, 0.2) is 0 Å². The Hall–Kier alpha value is -1.08. The van der Waals surface area contributed by atoms with Crippen LogP contribution in [-0.4, -0.2) is 37.1 Å². The van der Waals surface area contributed by atoms with Crippen molar-refractivity contribution in [2.45, 2.75) is 44.6 Å². The Bertz CT molecular complexity index is 260. The number of rotatable bonds is 5. The van der Waals surface area contributed by atoms with Crippen molar-refractivity contribution in [3.63, 3.8) is 0 Å². The van der Waals surface area contributed by atoms with Gasteiger partial charge >= 0.3 is 5.97 Å². The van der Waals surface area contributed by atoms with Crippen molar-refractivity contribution in [1.82, 2.24) is 4.90 Å². The molecule has 0 aromatic rings. The molecule has 1 fully saturated rings. The first-order valence-electron chi connectivity index (χ1n) is 5.98. The molecule has 0 aliphatic carbocycles. The minimum absolute atomic E-state index is 0.0548. The van der Waals surface area contributed by atoms with Crippen molar-refractivity contribution in [3.05, 3.63) is 0 Å². The topological polar surface area (TPSA) is 53.3 Å². The van der Waals surface area contributed by atoms with Gasteiger partial charge in [-0.25, -0.2) is 0 Å². The zero-order valence-electron chi connectivity index (χ0n) is 9.95. The van der Waals surface area contributed by atoms with E-state index in [1.807, 2.05) is 0 Å². The lowest BCUT2D eigenvalue weighted by Crippen LogP contribution is -2.45. The number of nitriles is 1. The predicted molar refractivity (Wildman–Crippen MR) is 60.7 cm³/mol. The Labute approximate surface area is 97.2 Å². The van der Waals surface area contributed by atoms with Crippen molar-refractivity contribution >= 4 is 5.97 Å². The van der Waals surface area contributed by atoms with Crippen LogP contribution in [0.1, 0.15) is 38.5 Å². The Balaban J connectivity index is 2.35. The first-order valence-corrected chi connectivity index (χ1v) is 5.98. The zero-order chi connectivity index (χ0) is 11.8. The van der Waals surface area contributed by atoms with Crippen LogP contribution in [-0.2, 0) is 9.53 Å². The van der Waals surface area contributed by atoms with E-state index in [2.05, 4.69) is 11.0 Å². The lowest BCUT2D eigenvalue weighted by atomic mass is 10.0. The summed E-state index contributed by atoms with van der Waals surface area (Å²) < 4.78 is 4.81. The zero-order valence-corrected chi connectivity index (χ0v) is 9.95. The molecule has 0 radical (unpaired) electrons. The van der Waals surface area contributed by atoms with Gasteiger partial charge in [-0.2, -0.15) is 5.26 Å². The molecule has 4 heteroatoms. The van der Waals surface area contributed by atoms with Crippen LogP contribution in [0.2, 0.25) is 0 Å². The van der Waals surface area contributed by atoms with Gasteiger partial charge in [-0.3, -0.25) is 9.69 Å². The van der Waals surface area contributed by atoms with Gasteiger partial charge in [0.1, 0.15) is 6.04 Å². The molecule has 0 aromatic carbocycles. The molecule has 1 atom stereocenters. The Morgan fingerprint density at radius 3 is 3.00 bits per heavy atom. The number of piperidine rings is 1. The van der Waals surface area contributed by atoms with Crippen molar-refractivity contribution in [1.29, 1.82) is 5.26 Å². The Kier molecular flexibility index (Phi) is 5.87. The molecule has 90 valence electrons. The monoisotopic (exact) mass is 224 g/mol. The highest BCUT2D eigenvalue weighted by atomic mass is 16.5. The Morgan fingerprint density at radius 1 is 1.50 bits per heavy atom. The molecule has 1 heterocycles. The fraction of sp³-hybridized carbons (Fsp3) is 0.833.